The smallest absolute Gasteiger partial charge is 0.265 e. The summed E-state index contributed by atoms with van der Waals surface area (Å²) in [7, 11) is 0. The number of ether oxygens (including phenoxy) is 1. The van der Waals surface area contributed by atoms with Gasteiger partial charge < -0.3 is 18.9 Å². The number of anilines is 1. The minimum atomic E-state index is -1.08. The summed E-state index contributed by atoms with van der Waals surface area (Å²) in [4.78, 5) is 25.8. The fourth-order valence-electron chi connectivity index (χ4n) is 2.89. The van der Waals surface area contributed by atoms with Crippen molar-refractivity contribution in [2.75, 3.05) is 5.32 Å². The number of rotatable bonds is 5. The fourth-order valence-corrected chi connectivity index (χ4v) is 3.39. The molecule has 31 heavy (non-hydrogen) atoms. The van der Waals surface area contributed by atoms with Gasteiger partial charge in [0.25, 0.3) is 5.91 Å². The number of amides is 1. The second-order valence-corrected chi connectivity index (χ2v) is 7.86. The molecule has 1 unspecified atom stereocenters. The standard InChI is InChI=1S/C22H14Cl3NO5/c1-11(22(28)26-16-10-13(24)4-6-15(16)25)30-21-19(27)14-9-12(23)5-7-17(14)31-20(21)18-3-2-8-29-18/h2-11H,1H3,(H,26,28). The summed E-state index contributed by atoms with van der Waals surface area (Å²) in [6.07, 6.45) is 0.353. The second-order valence-electron chi connectivity index (χ2n) is 6.58. The molecule has 6 nitrogen and oxygen atoms in total. The van der Waals surface area contributed by atoms with E-state index in [-0.39, 0.29) is 22.7 Å². The summed E-state index contributed by atoms with van der Waals surface area (Å²) in [5, 5.41) is 3.91. The summed E-state index contributed by atoms with van der Waals surface area (Å²) < 4.78 is 17.0. The summed E-state index contributed by atoms with van der Waals surface area (Å²) in [6, 6.07) is 12.6. The summed E-state index contributed by atoms with van der Waals surface area (Å²) in [6.45, 7) is 1.49. The molecular formula is C22H14Cl3NO5. The highest BCUT2D eigenvalue weighted by Gasteiger charge is 2.25. The Labute approximate surface area is 191 Å². The predicted octanol–water partition coefficient (Wildman–Crippen LogP) is 6.42. The van der Waals surface area contributed by atoms with Gasteiger partial charge in [-0.3, -0.25) is 9.59 Å². The van der Waals surface area contributed by atoms with Crippen LogP contribution in [0.4, 0.5) is 5.69 Å². The Hall–Kier alpha value is -2.93. The van der Waals surface area contributed by atoms with Gasteiger partial charge in [-0.15, -0.1) is 0 Å². The van der Waals surface area contributed by atoms with Crippen LogP contribution < -0.4 is 15.5 Å². The van der Waals surface area contributed by atoms with Crippen LogP contribution in [0, 0.1) is 0 Å². The van der Waals surface area contributed by atoms with Crippen molar-refractivity contribution >= 4 is 57.4 Å². The van der Waals surface area contributed by atoms with Gasteiger partial charge in [-0.25, -0.2) is 0 Å². The average molecular weight is 479 g/mol. The van der Waals surface area contributed by atoms with Gasteiger partial charge in [-0.05, 0) is 55.5 Å². The second kappa shape index (κ2) is 8.67. The van der Waals surface area contributed by atoms with E-state index < -0.39 is 17.4 Å². The third-order valence-electron chi connectivity index (χ3n) is 4.41. The van der Waals surface area contributed by atoms with E-state index in [0.717, 1.165) is 0 Å². The molecule has 0 saturated carbocycles. The van der Waals surface area contributed by atoms with Crippen molar-refractivity contribution in [3.05, 3.63) is 80.1 Å². The lowest BCUT2D eigenvalue weighted by molar-refractivity contribution is -0.122. The van der Waals surface area contributed by atoms with Gasteiger partial charge in [0.1, 0.15) is 5.58 Å². The number of carbonyl (C=O) groups is 1. The van der Waals surface area contributed by atoms with E-state index in [2.05, 4.69) is 5.32 Å². The van der Waals surface area contributed by atoms with E-state index in [1.807, 2.05) is 0 Å². The fraction of sp³-hybridized carbons (Fsp3) is 0.0909. The average Bonchev–Trinajstić information content (AvgIpc) is 3.27. The quantitative estimate of drug-likeness (QED) is 0.358. The topological polar surface area (TPSA) is 81.7 Å². The number of nitrogens with one attached hydrogen (secondary N) is 1. The Morgan fingerprint density at radius 1 is 1.06 bits per heavy atom. The molecule has 158 valence electrons. The van der Waals surface area contributed by atoms with E-state index in [4.69, 9.17) is 48.4 Å². The molecule has 1 N–H and O–H groups in total. The van der Waals surface area contributed by atoms with Crippen LogP contribution in [0.5, 0.6) is 5.75 Å². The molecule has 2 heterocycles. The number of fused-ring (bicyclic) bond motifs is 1. The summed E-state index contributed by atoms with van der Waals surface area (Å²) in [5.41, 5.74) is 0.129. The van der Waals surface area contributed by atoms with Crippen LogP contribution in [0.25, 0.3) is 22.5 Å². The van der Waals surface area contributed by atoms with Gasteiger partial charge in [0.15, 0.2) is 11.9 Å². The lowest BCUT2D eigenvalue weighted by Crippen LogP contribution is -2.32. The number of furan rings is 1. The van der Waals surface area contributed by atoms with Gasteiger partial charge in [0.2, 0.25) is 16.9 Å². The third kappa shape index (κ3) is 4.42. The maximum atomic E-state index is 13.2. The maximum Gasteiger partial charge on any atom is 0.265 e. The Kier molecular flexibility index (Phi) is 5.96. The molecular weight excluding hydrogens is 465 g/mol. The normalized spacial score (nSPS) is 12.0. The Morgan fingerprint density at radius 3 is 2.55 bits per heavy atom. The molecule has 1 amide bonds. The first kappa shape index (κ1) is 21.3. The number of hydrogen-bond donors (Lipinski definition) is 1. The maximum absolute atomic E-state index is 13.2. The van der Waals surface area contributed by atoms with Gasteiger partial charge in [-0.1, -0.05) is 34.8 Å². The highest BCUT2D eigenvalue weighted by Crippen LogP contribution is 2.33. The monoisotopic (exact) mass is 477 g/mol. The van der Waals surface area contributed by atoms with Crippen molar-refractivity contribution in [3.63, 3.8) is 0 Å². The zero-order valence-electron chi connectivity index (χ0n) is 15.9. The molecule has 0 spiro atoms. The van der Waals surface area contributed by atoms with Crippen LogP contribution in [0.3, 0.4) is 0 Å². The zero-order chi connectivity index (χ0) is 22.1. The molecule has 0 radical (unpaired) electrons. The van der Waals surface area contributed by atoms with Crippen LogP contribution in [0.1, 0.15) is 6.92 Å². The van der Waals surface area contributed by atoms with E-state index in [1.54, 1.807) is 36.4 Å². The SMILES string of the molecule is CC(Oc1c(-c2ccco2)oc2ccc(Cl)cc2c1=O)C(=O)Nc1cc(Cl)ccc1Cl. The molecule has 1 atom stereocenters. The molecule has 0 saturated heterocycles. The minimum absolute atomic E-state index is 0.0604. The number of halogens is 3. The van der Waals surface area contributed by atoms with Gasteiger partial charge in [0, 0.05) is 10.0 Å². The van der Waals surface area contributed by atoms with Crippen LogP contribution in [-0.2, 0) is 4.79 Å². The third-order valence-corrected chi connectivity index (χ3v) is 5.21. The molecule has 0 aliphatic rings. The molecule has 0 bridgehead atoms. The first-order valence-corrected chi connectivity index (χ1v) is 10.2. The summed E-state index contributed by atoms with van der Waals surface area (Å²) in [5.74, 6) is -0.385. The van der Waals surface area contributed by atoms with Crippen molar-refractivity contribution in [1.82, 2.24) is 0 Å². The summed E-state index contributed by atoms with van der Waals surface area (Å²) >= 11 is 18.1. The highest BCUT2D eigenvalue weighted by molar-refractivity contribution is 6.35. The number of benzene rings is 2. The van der Waals surface area contributed by atoms with Crippen LogP contribution >= 0.6 is 34.8 Å². The highest BCUT2D eigenvalue weighted by atomic mass is 35.5. The largest absolute Gasteiger partial charge is 0.473 e. The van der Waals surface area contributed by atoms with Crippen molar-refractivity contribution < 1.29 is 18.4 Å². The molecule has 0 fully saturated rings. The Bertz CT molecular complexity index is 1330. The molecule has 0 aliphatic carbocycles. The number of hydrogen-bond acceptors (Lipinski definition) is 5. The van der Waals surface area contributed by atoms with Gasteiger partial charge in [-0.2, -0.15) is 0 Å². The van der Waals surface area contributed by atoms with Crippen LogP contribution in [-0.4, -0.2) is 12.0 Å². The first-order valence-electron chi connectivity index (χ1n) is 9.06. The van der Waals surface area contributed by atoms with Crippen LogP contribution in [0.2, 0.25) is 15.1 Å². The number of carbonyl (C=O) groups excluding carboxylic acids is 1. The first-order chi connectivity index (χ1) is 14.8. The van der Waals surface area contributed by atoms with Crippen molar-refractivity contribution in [3.8, 4) is 17.3 Å². The lowest BCUT2D eigenvalue weighted by atomic mass is 10.2. The molecule has 2 aromatic heterocycles. The van der Waals surface area contributed by atoms with Gasteiger partial charge in [0.05, 0.1) is 22.4 Å². The molecule has 4 rings (SSSR count). The van der Waals surface area contributed by atoms with E-state index in [9.17, 15) is 9.59 Å². The van der Waals surface area contributed by atoms with Crippen molar-refractivity contribution in [1.29, 1.82) is 0 Å². The molecule has 4 aromatic rings. The predicted molar refractivity (Wildman–Crippen MR) is 120 cm³/mol. The van der Waals surface area contributed by atoms with E-state index >= 15 is 0 Å². The lowest BCUT2D eigenvalue weighted by Gasteiger charge is -2.17. The Morgan fingerprint density at radius 2 is 1.81 bits per heavy atom. The molecule has 2 aromatic carbocycles. The molecule has 0 aliphatic heterocycles. The zero-order valence-corrected chi connectivity index (χ0v) is 18.2. The molecule has 9 heteroatoms. The van der Waals surface area contributed by atoms with Crippen molar-refractivity contribution in [2.24, 2.45) is 0 Å². The van der Waals surface area contributed by atoms with E-state index in [0.29, 0.717) is 26.3 Å². The Balaban J connectivity index is 1.72. The van der Waals surface area contributed by atoms with Gasteiger partial charge >= 0.3 is 0 Å². The minimum Gasteiger partial charge on any atom is -0.473 e. The van der Waals surface area contributed by atoms with E-state index in [1.165, 1.54) is 25.3 Å². The van der Waals surface area contributed by atoms with Crippen LogP contribution in [0.15, 0.2) is 68.4 Å². The van der Waals surface area contributed by atoms with Crippen molar-refractivity contribution in [2.45, 2.75) is 13.0 Å².